The Hall–Kier alpha value is -0.980. The van der Waals surface area contributed by atoms with Crippen molar-refractivity contribution in [1.29, 1.82) is 0 Å². The van der Waals surface area contributed by atoms with Crippen LogP contribution in [0.2, 0.25) is 0 Å². The number of nitrogens with one attached hydrogen (secondary N) is 1. The predicted octanol–water partition coefficient (Wildman–Crippen LogP) is -0.0215. The third-order valence-corrected chi connectivity index (χ3v) is 4.06. The van der Waals surface area contributed by atoms with Gasteiger partial charge in [0.2, 0.25) is 0 Å². The average molecular weight is 265 g/mol. The molecular weight excluding hydrogens is 242 g/mol. The van der Waals surface area contributed by atoms with E-state index >= 15 is 0 Å². The molecule has 6 heteroatoms. The molecule has 0 bridgehead atoms. The minimum Gasteiger partial charge on any atom is -0.374 e. The van der Waals surface area contributed by atoms with Crippen LogP contribution < -0.4 is 5.32 Å². The fourth-order valence-electron chi connectivity index (χ4n) is 3.02. The molecule has 2 aliphatic heterocycles. The molecule has 19 heavy (non-hydrogen) atoms. The number of hydrogen-bond acceptors (Lipinski definition) is 5. The molecule has 0 aromatic carbocycles. The summed E-state index contributed by atoms with van der Waals surface area (Å²) in [6, 6.07) is 0. The fourth-order valence-corrected chi connectivity index (χ4v) is 3.02. The van der Waals surface area contributed by atoms with E-state index in [0.717, 1.165) is 32.2 Å². The van der Waals surface area contributed by atoms with Crippen molar-refractivity contribution in [3.63, 3.8) is 0 Å². The highest BCUT2D eigenvalue weighted by molar-refractivity contribution is 4.77. The van der Waals surface area contributed by atoms with Gasteiger partial charge in [-0.15, -0.1) is 0 Å². The summed E-state index contributed by atoms with van der Waals surface area (Å²) in [5.74, 6) is 0.853. The van der Waals surface area contributed by atoms with Crippen molar-refractivity contribution in [2.24, 2.45) is 5.92 Å². The third-order valence-electron chi connectivity index (χ3n) is 4.06. The van der Waals surface area contributed by atoms with Gasteiger partial charge in [-0.1, -0.05) is 0 Å². The second-order valence-electron chi connectivity index (χ2n) is 5.56. The van der Waals surface area contributed by atoms with Crippen molar-refractivity contribution >= 4 is 0 Å². The van der Waals surface area contributed by atoms with Crippen LogP contribution in [0.1, 0.15) is 12.8 Å². The summed E-state index contributed by atoms with van der Waals surface area (Å²) >= 11 is 0. The molecule has 0 spiro atoms. The molecule has 0 saturated carbocycles. The molecule has 3 heterocycles. The van der Waals surface area contributed by atoms with Gasteiger partial charge in [0.25, 0.3) is 0 Å². The van der Waals surface area contributed by atoms with E-state index in [9.17, 15) is 0 Å². The molecule has 6 nitrogen and oxygen atoms in total. The van der Waals surface area contributed by atoms with Crippen LogP contribution in [0.3, 0.4) is 0 Å². The lowest BCUT2D eigenvalue weighted by Crippen LogP contribution is -2.47. The van der Waals surface area contributed by atoms with Crippen molar-refractivity contribution in [3.8, 4) is 0 Å². The molecule has 1 unspecified atom stereocenters. The fraction of sp³-hybridized carbons (Fsp3) is 0.846. The maximum absolute atomic E-state index is 5.83. The molecule has 1 aromatic heterocycles. The highest BCUT2D eigenvalue weighted by atomic mass is 16.5. The van der Waals surface area contributed by atoms with E-state index in [4.69, 9.17) is 4.74 Å². The van der Waals surface area contributed by atoms with Crippen LogP contribution in [0.15, 0.2) is 12.7 Å². The van der Waals surface area contributed by atoms with Crippen molar-refractivity contribution in [1.82, 2.24) is 25.0 Å². The molecule has 0 radical (unpaired) electrons. The largest absolute Gasteiger partial charge is 0.374 e. The first kappa shape index (κ1) is 13.0. The lowest BCUT2D eigenvalue weighted by molar-refractivity contribution is -0.0426. The van der Waals surface area contributed by atoms with Gasteiger partial charge in [0.05, 0.1) is 19.3 Å². The van der Waals surface area contributed by atoms with Crippen LogP contribution in [-0.4, -0.2) is 65.1 Å². The van der Waals surface area contributed by atoms with Crippen LogP contribution >= 0.6 is 0 Å². The molecule has 106 valence electrons. The summed E-state index contributed by atoms with van der Waals surface area (Å²) in [4.78, 5) is 6.53. The second-order valence-corrected chi connectivity index (χ2v) is 5.56. The summed E-state index contributed by atoms with van der Waals surface area (Å²) in [7, 11) is 0. The van der Waals surface area contributed by atoms with E-state index in [-0.39, 0.29) is 6.10 Å². The molecular formula is C13H23N5O. The molecule has 1 N–H and O–H groups in total. The molecule has 2 saturated heterocycles. The van der Waals surface area contributed by atoms with E-state index in [0.29, 0.717) is 0 Å². The highest BCUT2D eigenvalue weighted by Crippen LogP contribution is 2.16. The third kappa shape index (κ3) is 3.75. The SMILES string of the molecule is c1ncn(CC2CN(CC3CCNCC3)CCO2)n1. The number of piperidine rings is 1. The Morgan fingerprint density at radius 1 is 1.26 bits per heavy atom. The minimum atomic E-state index is 0.247. The Morgan fingerprint density at radius 3 is 2.95 bits per heavy atom. The van der Waals surface area contributed by atoms with E-state index in [1.807, 2.05) is 4.68 Å². The van der Waals surface area contributed by atoms with E-state index < -0.39 is 0 Å². The van der Waals surface area contributed by atoms with Gasteiger partial charge >= 0.3 is 0 Å². The topological polar surface area (TPSA) is 55.2 Å². The Morgan fingerprint density at radius 2 is 2.16 bits per heavy atom. The quantitative estimate of drug-likeness (QED) is 0.829. The van der Waals surface area contributed by atoms with Gasteiger partial charge in [0.1, 0.15) is 12.7 Å². The first-order chi connectivity index (χ1) is 9.40. The monoisotopic (exact) mass is 265 g/mol. The number of aromatic nitrogens is 3. The van der Waals surface area contributed by atoms with Crippen LogP contribution in [0, 0.1) is 5.92 Å². The zero-order valence-electron chi connectivity index (χ0n) is 11.4. The first-order valence-corrected chi connectivity index (χ1v) is 7.27. The summed E-state index contributed by atoms with van der Waals surface area (Å²) in [5.41, 5.74) is 0. The first-order valence-electron chi connectivity index (χ1n) is 7.27. The van der Waals surface area contributed by atoms with Crippen molar-refractivity contribution in [3.05, 3.63) is 12.7 Å². The van der Waals surface area contributed by atoms with Gasteiger partial charge < -0.3 is 10.1 Å². The molecule has 1 atom stereocenters. The Kier molecular flexibility index (Phi) is 4.42. The summed E-state index contributed by atoms with van der Waals surface area (Å²) in [6.07, 6.45) is 6.21. The van der Waals surface area contributed by atoms with E-state index in [1.165, 1.54) is 32.5 Å². The van der Waals surface area contributed by atoms with Crippen LogP contribution in [0.4, 0.5) is 0 Å². The minimum absolute atomic E-state index is 0.247. The zero-order chi connectivity index (χ0) is 12.9. The molecule has 2 fully saturated rings. The van der Waals surface area contributed by atoms with Crippen molar-refractivity contribution < 1.29 is 4.74 Å². The van der Waals surface area contributed by atoms with Gasteiger partial charge in [-0.25, -0.2) is 4.98 Å². The normalized spacial score (nSPS) is 26.6. The molecule has 0 amide bonds. The number of ether oxygens (including phenoxy) is 1. The second kappa shape index (κ2) is 6.45. The Balaban J connectivity index is 1.47. The standard InChI is InChI=1S/C13H23N5O/c1-3-14-4-2-12(1)7-17-5-6-19-13(8-17)9-18-11-15-10-16-18/h10-14H,1-9H2. The maximum atomic E-state index is 5.83. The summed E-state index contributed by atoms with van der Waals surface area (Å²) < 4.78 is 7.69. The highest BCUT2D eigenvalue weighted by Gasteiger charge is 2.24. The van der Waals surface area contributed by atoms with Gasteiger partial charge in [0, 0.05) is 19.6 Å². The smallest absolute Gasteiger partial charge is 0.137 e. The number of morpholine rings is 1. The number of nitrogens with zero attached hydrogens (tertiary/aromatic N) is 4. The number of rotatable bonds is 4. The van der Waals surface area contributed by atoms with E-state index in [2.05, 4.69) is 20.3 Å². The molecule has 2 aliphatic rings. The van der Waals surface area contributed by atoms with Crippen LogP contribution in [0.25, 0.3) is 0 Å². The van der Waals surface area contributed by atoms with Crippen LogP contribution in [-0.2, 0) is 11.3 Å². The predicted molar refractivity (Wildman–Crippen MR) is 71.8 cm³/mol. The summed E-state index contributed by atoms with van der Waals surface area (Å²) in [5, 5.41) is 7.58. The van der Waals surface area contributed by atoms with Gasteiger partial charge in [-0.05, 0) is 31.8 Å². The Bertz CT molecular complexity index is 363. The number of hydrogen-bond donors (Lipinski definition) is 1. The average Bonchev–Trinajstić information content (AvgIpc) is 2.93. The molecule has 0 aliphatic carbocycles. The zero-order valence-corrected chi connectivity index (χ0v) is 11.4. The lowest BCUT2D eigenvalue weighted by atomic mass is 9.97. The Labute approximate surface area is 114 Å². The van der Waals surface area contributed by atoms with Gasteiger partial charge in [0.15, 0.2) is 0 Å². The summed E-state index contributed by atoms with van der Waals surface area (Å²) in [6.45, 7) is 7.31. The van der Waals surface area contributed by atoms with Gasteiger partial charge in [-0.2, -0.15) is 5.10 Å². The molecule has 1 aromatic rings. The lowest BCUT2D eigenvalue weighted by Gasteiger charge is -2.36. The van der Waals surface area contributed by atoms with Crippen molar-refractivity contribution in [2.75, 3.05) is 39.3 Å². The van der Waals surface area contributed by atoms with Crippen molar-refractivity contribution in [2.45, 2.75) is 25.5 Å². The van der Waals surface area contributed by atoms with E-state index in [1.54, 1.807) is 12.7 Å². The van der Waals surface area contributed by atoms with Crippen LogP contribution in [0.5, 0.6) is 0 Å². The maximum Gasteiger partial charge on any atom is 0.137 e. The van der Waals surface area contributed by atoms with Gasteiger partial charge in [-0.3, -0.25) is 9.58 Å². The molecule has 3 rings (SSSR count).